The first-order valence-electron chi connectivity index (χ1n) is 12.8. The minimum atomic E-state index is -0.845. The molecule has 0 radical (unpaired) electrons. The maximum atomic E-state index is 14.3. The van der Waals surface area contributed by atoms with Crippen LogP contribution in [0.2, 0.25) is 0 Å². The van der Waals surface area contributed by atoms with Crippen LogP contribution in [0.15, 0.2) is 95.5 Å². The van der Waals surface area contributed by atoms with Crippen LogP contribution >= 0.6 is 15.9 Å². The number of anilines is 2. The number of carbonyl (C=O) groups excluding carboxylic acids is 3. The lowest BCUT2D eigenvalue weighted by Gasteiger charge is -2.36. The first-order chi connectivity index (χ1) is 19.0. The molecule has 3 heterocycles. The van der Waals surface area contributed by atoms with Gasteiger partial charge in [-0.15, -0.1) is 0 Å². The summed E-state index contributed by atoms with van der Waals surface area (Å²) >= 11 is 3.49. The number of hydrogen-bond donors (Lipinski definition) is 0. The van der Waals surface area contributed by atoms with Gasteiger partial charge >= 0.3 is 0 Å². The van der Waals surface area contributed by atoms with Gasteiger partial charge in [-0.2, -0.15) is 0 Å². The molecular weight excluding hydrogens is 556 g/mol. The van der Waals surface area contributed by atoms with E-state index in [1.54, 1.807) is 31.4 Å². The van der Waals surface area contributed by atoms with Gasteiger partial charge in [-0.05, 0) is 57.2 Å². The van der Waals surface area contributed by atoms with Crippen molar-refractivity contribution in [2.75, 3.05) is 16.9 Å². The van der Waals surface area contributed by atoms with Crippen LogP contribution in [0.5, 0.6) is 5.75 Å². The molecule has 0 aromatic heterocycles. The van der Waals surface area contributed by atoms with Crippen molar-refractivity contribution in [2.45, 2.75) is 12.1 Å². The number of methoxy groups -OCH3 is 1. The largest absolute Gasteiger partial charge is 0.496 e. The van der Waals surface area contributed by atoms with E-state index in [0.717, 1.165) is 22.0 Å². The molecule has 2 saturated heterocycles. The van der Waals surface area contributed by atoms with Crippen molar-refractivity contribution in [3.8, 4) is 5.75 Å². The van der Waals surface area contributed by atoms with Gasteiger partial charge in [-0.25, -0.2) is 4.90 Å². The maximum absolute atomic E-state index is 14.3. The highest BCUT2D eigenvalue weighted by Gasteiger charge is 2.64. The topological polar surface area (TPSA) is 66.9 Å². The summed E-state index contributed by atoms with van der Waals surface area (Å²) < 4.78 is 6.00. The van der Waals surface area contributed by atoms with Crippen molar-refractivity contribution in [1.29, 1.82) is 0 Å². The SMILES string of the molecule is COc1ccc(C(=O)[C@@H]2[C@@H]3C(=O)N(c4cccc5ccccc45)C(=O)[C@H]3[C@@H]3C=Cc4ccccc4N23)cc1Br. The molecule has 2 amide bonds. The Bertz CT molecular complexity index is 1730. The van der Waals surface area contributed by atoms with E-state index in [1.165, 1.54) is 4.90 Å². The molecule has 7 rings (SSSR count). The van der Waals surface area contributed by atoms with Gasteiger partial charge in [0.05, 0.1) is 35.1 Å². The highest BCUT2D eigenvalue weighted by molar-refractivity contribution is 9.10. The monoisotopic (exact) mass is 578 g/mol. The Balaban J connectivity index is 1.38. The number of imide groups is 1. The van der Waals surface area contributed by atoms with E-state index < -0.39 is 23.9 Å². The predicted molar refractivity (Wildman–Crippen MR) is 154 cm³/mol. The van der Waals surface area contributed by atoms with Crippen molar-refractivity contribution in [3.05, 3.63) is 107 Å². The second kappa shape index (κ2) is 8.92. The smallest absolute Gasteiger partial charge is 0.240 e. The molecule has 4 aromatic carbocycles. The Morgan fingerprint density at radius 3 is 2.38 bits per heavy atom. The van der Waals surface area contributed by atoms with Crippen LogP contribution in [0, 0.1) is 11.8 Å². The molecule has 0 bridgehead atoms. The minimum absolute atomic E-state index is 0.207. The summed E-state index contributed by atoms with van der Waals surface area (Å²) in [5.74, 6) is -1.72. The molecule has 0 unspecified atom stereocenters. The molecule has 2 fully saturated rings. The Labute approximate surface area is 233 Å². The molecular formula is C32H23BrN2O4. The van der Waals surface area contributed by atoms with E-state index in [2.05, 4.69) is 15.9 Å². The zero-order chi connectivity index (χ0) is 26.8. The average Bonchev–Trinajstić information content (AvgIpc) is 3.44. The van der Waals surface area contributed by atoms with Crippen molar-refractivity contribution >= 4 is 61.8 Å². The lowest BCUT2D eigenvalue weighted by Crippen LogP contribution is -2.48. The summed E-state index contributed by atoms with van der Waals surface area (Å²) in [5, 5.41) is 1.77. The molecule has 6 nitrogen and oxygen atoms in total. The number of nitrogens with zero attached hydrogens (tertiary/aromatic N) is 2. The normalized spacial score (nSPS) is 23.1. The van der Waals surface area contributed by atoms with Gasteiger partial charge in [0.1, 0.15) is 11.8 Å². The van der Waals surface area contributed by atoms with E-state index in [-0.39, 0.29) is 17.6 Å². The lowest BCUT2D eigenvalue weighted by molar-refractivity contribution is -0.122. The molecule has 4 atom stereocenters. The first-order valence-corrected chi connectivity index (χ1v) is 13.6. The van der Waals surface area contributed by atoms with Crippen LogP contribution < -0.4 is 14.5 Å². The first kappa shape index (κ1) is 23.9. The van der Waals surface area contributed by atoms with Gasteiger partial charge < -0.3 is 9.64 Å². The average molecular weight is 579 g/mol. The van der Waals surface area contributed by atoms with Gasteiger partial charge in [0, 0.05) is 16.6 Å². The van der Waals surface area contributed by atoms with Crippen LogP contribution in [0.3, 0.4) is 0 Å². The summed E-state index contributed by atoms with van der Waals surface area (Å²) in [6.45, 7) is 0. The van der Waals surface area contributed by atoms with Crippen LogP contribution in [-0.4, -0.2) is 36.8 Å². The third kappa shape index (κ3) is 3.42. The van der Waals surface area contributed by atoms with Gasteiger partial charge in [-0.3, -0.25) is 14.4 Å². The number of halogens is 1. The van der Waals surface area contributed by atoms with Crippen LogP contribution in [-0.2, 0) is 9.59 Å². The molecule has 0 aliphatic carbocycles. The number of ether oxygens (including phenoxy) is 1. The number of rotatable bonds is 4. The second-order valence-corrected chi connectivity index (χ2v) is 10.9. The van der Waals surface area contributed by atoms with Crippen molar-refractivity contribution in [3.63, 3.8) is 0 Å². The van der Waals surface area contributed by atoms with Crippen molar-refractivity contribution in [2.24, 2.45) is 11.8 Å². The summed E-state index contributed by atoms with van der Waals surface area (Å²) in [4.78, 5) is 46.0. The van der Waals surface area contributed by atoms with Gasteiger partial charge in [0.15, 0.2) is 5.78 Å². The fourth-order valence-corrected chi connectivity index (χ4v) is 6.99. The van der Waals surface area contributed by atoms with Crippen LogP contribution in [0.1, 0.15) is 15.9 Å². The van der Waals surface area contributed by atoms with E-state index in [9.17, 15) is 14.4 Å². The van der Waals surface area contributed by atoms with Crippen molar-refractivity contribution in [1.82, 2.24) is 0 Å². The Hall–Kier alpha value is -4.23. The maximum Gasteiger partial charge on any atom is 0.240 e. The standard InChI is InChI=1S/C32H23BrN2O4/c1-39-26-16-14-20(17-22(26)33)30(36)29-28-27(25-15-13-19-8-3-5-11-23(19)34(25)29)31(37)35(32(28)38)24-12-6-9-18-7-2-4-10-21(18)24/h2-17,25,27-29H,1H3/t25-,27-,28+,29-/m0/s1. The highest BCUT2D eigenvalue weighted by Crippen LogP contribution is 2.50. The summed E-state index contributed by atoms with van der Waals surface area (Å²) in [6.07, 6.45) is 3.96. The Morgan fingerprint density at radius 1 is 0.846 bits per heavy atom. The summed E-state index contributed by atoms with van der Waals surface area (Å²) in [6, 6.07) is 25.0. The van der Waals surface area contributed by atoms with E-state index in [4.69, 9.17) is 4.74 Å². The van der Waals surface area contributed by atoms with E-state index in [1.807, 2.05) is 77.7 Å². The molecule has 0 N–H and O–H groups in total. The number of carbonyl (C=O) groups is 3. The summed E-state index contributed by atoms with van der Waals surface area (Å²) in [5.41, 5.74) is 2.81. The molecule has 3 aliphatic rings. The number of hydrogen-bond acceptors (Lipinski definition) is 5. The third-order valence-corrected chi connectivity index (χ3v) is 8.75. The number of amides is 2. The zero-order valence-corrected chi connectivity index (χ0v) is 22.5. The number of fused-ring (bicyclic) bond motifs is 6. The number of ketones is 1. The molecule has 4 aromatic rings. The van der Waals surface area contributed by atoms with E-state index >= 15 is 0 Å². The number of para-hydroxylation sites is 1. The molecule has 0 saturated carbocycles. The Kier molecular flexibility index (Phi) is 5.45. The zero-order valence-electron chi connectivity index (χ0n) is 21.0. The highest BCUT2D eigenvalue weighted by atomic mass is 79.9. The minimum Gasteiger partial charge on any atom is -0.496 e. The quantitative estimate of drug-likeness (QED) is 0.223. The van der Waals surface area contributed by atoms with E-state index in [0.29, 0.717) is 21.5 Å². The molecule has 0 spiro atoms. The Morgan fingerprint density at radius 2 is 1.56 bits per heavy atom. The van der Waals surface area contributed by atoms with Gasteiger partial charge in [0.25, 0.3) is 0 Å². The summed E-state index contributed by atoms with van der Waals surface area (Å²) in [7, 11) is 1.56. The van der Waals surface area contributed by atoms with Crippen molar-refractivity contribution < 1.29 is 19.1 Å². The molecule has 7 heteroatoms. The van der Waals surface area contributed by atoms with Gasteiger partial charge in [-0.1, -0.05) is 66.7 Å². The van der Waals surface area contributed by atoms with Crippen LogP contribution in [0.4, 0.5) is 11.4 Å². The predicted octanol–water partition coefficient (Wildman–Crippen LogP) is 5.88. The van der Waals surface area contributed by atoms with Crippen LogP contribution in [0.25, 0.3) is 16.8 Å². The number of benzene rings is 4. The fraction of sp³-hybridized carbons (Fsp3) is 0.156. The molecule has 39 heavy (non-hydrogen) atoms. The number of Topliss-reactive ketones (excluding diaryl/α,β-unsaturated/α-hetero) is 1. The molecule has 3 aliphatic heterocycles. The third-order valence-electron chi connectivity index (χ3n) is 8.13. The lowest BCUT2D eigenvalue weighted by atomic mass is 9.86. The molecule has 192 valence electrons. The van der Waals surface area contributed by atoms with Gasteiger partial charge in [0.2, 0.25) is 11.8 Å². The second-order valence-electron chi connectivity index (χ2n) is 10.0. The fourth-order valence-electron chi connectivity index (χ4n) is 6.44.